The molecule has 0 radical (unpaired) electrons. The molecule has 0 aliphatic carbocycles. The largest absolute Gasteiger partial charge is 0.352 e. The smallest absolute Gasteiger partial charge is 0.346 e. The van der Waals surface area contributed by atoms with Gasteiger partial charge in [-0.2, -0.15) is 10.2 Å². The molecule has 0 saturated heterocycles. The molecule has 0 saturated carbocycles. The number of fused-ring (bicyclic) bond motifs is 1. The zero-order valence-electron chi connectivity index (χ0n) is 14.9. The Labute approximate surface area is 146 Å². The van der Waals surface area contributed by atoms with E-state index in [-0.39, 0.29) is 11.6 Å². The predicted molar refractivity (Wildman–Crippen MR) is 93.2 cm³/mol. The second-order valence-corrected chi connectivity index (χ2v) is 6.97. The number of carbonyl (C=O) groups is 1. The first-order valence-corrected chi connectivity index (χ1v) is 8.99. The summed E-state index contributed by atoms with van der Waals surface area (Å²) in [7, 11) is 0. The Morgan fingerprint density at radius 3 is 2.96 bits per heavy atom. The van der Waals surface area contributed by atoms with Gasteiger partial charge in [0, 0.05) is 31.9 Å². The highest BCUT2D eigenvalue weighted by molar-refractivity contribution is 5.80. The van der Waals surface area contributed by atoms with Gasteiger partial charge in [-0.15, -0.1) is 0 Å². The number of hydrogen-bond donors (Lipinski definition) is 1. The zero-order chi connectivity index (χ0) is 17.8. The van der Waals surface area contributed by atoms with Gasteiger partial charge in [0.25, 0.3) is 0 Å². The van der Waals surface area contributed by atoms with Gasteiger partial charge >= 0.3 is 5.69 Å². The van der Waals surface area contributed by atoms with Gasteiger partial charge in [-0.1, -0.05) is 20.3 Å². The van der Waals surface area contributed by atoms with Gasteiger partial charge < -0.3 is 5.32 Å². The average molecular weight is 346 g/mol. The standard InChI is InChI=1S/C17H26N6O2/c1-13(2)12-22-17(25)23-14(6-3-4-7-15(23)20-22)16(24)18-9-11-21-10-5-8-19-21/h5,8,10,13-14H,3-4,6-7,9,11-12H2,1-2H3,(H,18,24). The fourth-order valence-electron chi connectivity index (χ4n) is 3.26. The molecule has 2 aromatic heterocycles. The van der Waals surface area contributed by atoms with Gasteiger partial charge in [0.1, 0.15) is 11.9 Å². The average Bonchev–Trinajstić information content (AvgIpc) is 3.11. The van der Waals surface area contributed by atoms with Crippen LogP contribution in [-0.2, 0) is 24.3 Å². The third-order valence-electron chi connectivity index (χ3n) is 4.42. The lowest BCUT2D eigenvalue weighted by Gasteiger charge is -2.16. The Morgan fingerprint density at radius 1 is 1.40 bits per heavy atom. The molecule has 1 unspecified atom stereocenters. The van der Waals surface area contributed by atoms with E-state index in [1.165, 1.54) is 4.68 Å². The summed E-state index contributed by atoms with van der Waals surface area (Å²) in [6, 6.07) is 1.38. The Balaban J connectivity index is 1.74. The van der Waals surface area contributed by atoms with Crippen LogP contribution in [0.5, 0.6) is 0 Å². The van der Waals surface area contributed by atoms with E-state index in [2.05, 4.69) is 29.4 Å². The van der Waals surface area contributed by atoms with Crippen molar-refractivity contribution in [1.82, 2.24) is 29.4 Å². The van der Waals surface area contributed by atoms with Crippen molar-refractivity contribution in [3.63, 3.8) is 0 Å². The molecule has 3 heterocycles. The molecule has 8 heteroatoms. The fourth-order valence-corrected chi connectivity index (χ4v) is 3.26. The second-order valence-electron chi connectivity index (χ2n) is 6.97. The quantitative estimate of drug-likeness (QED) is 0.845. The molecule has 1 atom stereocenters. The van der Waals surface area contributed by atoms with E-state index >= 15 is 0 Å². The summed E-state index contributed by atoms with van der Waals surface area (Å²) >= 11 is 0. The van der Waals surface area contributed by atoms with Crippen LogP contribution in [0.3, 0.4) is 0 Å². The normalized spacial score (nSPS) is 17.3. The highest BCUT2D eigenvalue weighted by Crippen LogP contribution is 2.21. The molecule has 0 spiro atoms. The molecule has 0 aromatic carbocycles. The number of aromatic nitrogens is 5. The summed E-state index contributed by atoms with van der Waals surface area (Å²) in [5.41, 5.74) is -0.169. The first-order valence-electron chi connectivity index (χ1n) is 8.99. The van der Waals surface area contributed by atoms with E-state index in [0.29, 0.717) is 32.0 Å². The number of nitrogens with one attached hydrogen (secondary N) is 1. The lowest BCUT2D eigenvalue weighted by molar-refractivity contribution is -0.124. The lowest BCUT2D eigenvalue weighted by atomic mass is 10.1. The minimum absolute atomic E-state index is 0.110. The summed E-state index contributed by atoms with van der Waals surface area (Å²) in [5.74, 6) is 0.954. The van der Waals surface area contributed by atoms with Gasteiger partial charge in [-0.25, -0.2) is 9.48 Å². The van der Waals surface area contributed by atoms with E-state index in [1.807, 2.05) is 12.3 Å². The number of aryl methyl sites for hydroxylation is 1. The topological polar surface area (TPSA) is 86.7 Å². The van der Waals surface area contributed by atoms with Gasteiger partial charge in [-0.3, -0.25) is 14.0 Å². The number of nitrogens with zero attached hydrogens (tertiary/aromatic N) is 5. The highest BCUT2D eigenvalue weighted by atomic mass is 16.2. The molecule has 0 bridgehead atoms. The van der Waals surface area contributed by atoms with Crippen LogP contribution in [0.4, 0.5) is 0 Å². The number of hydrogen-bond acceptors (Lipinski definition) is 4. The van der Waals surface area contributed by atoms with Crippen molar-refractivity contribution < 1.29 is 4.79 Å². The van der Waals surface area contributed by atoms with Crippen molar-refractivity contribution in [2.75, 3.05) is 6.54 Å². The monoisotopic (exact) mass is 346 g/mol. The van der Waals surface area contributed by atoms with Crippen molar-refractivity contribution >= 4 is 5.91 Å². The first-order chi connectivity index (χ1) is 12.1. The van der Waals surface area contributed by atoms with Crippen molar-refractivity contribution in [3.05, 3.63) is 34.8 Å². The van der Waals surface area contributed by atoms with E-state index in [1.54, 1.807) is 15.4 Å². The minimum atomic E-state index is -0.469. The maximum Gasteiger partial charge on any atom is 0.346 e. The number of amides is 1. The third kappa shape index (κ3) is 4.00. The van der Waals surface area contributed by atoms with E-state index in [9.17, 15) is 9.59 Å². The molecule has 3 rings (SSSR count). The summed E-state index contributed by atoms with van der Waals surface area (Å²) in [4.78, 5) is 25.4. The third-order valence-corrected chi connectivity index (χ3v) is 4.42. The molecule has 8 nitrogen and oxygen atoms in total. The number of rotatable bonds is 6. The summed E-state index contributed by atoms with van der Waals surface area (Å²) < 4.78 is 4.89. The van der Waals surface area contributed by atoms with Crippen LogP contribution >= 0.6 is 0 Å². The van der Waals surface area contributed by atoms with Crippen molar-refractivity contribution in [3.8, 4) is 0 Å². The molecule has 25 heavy (non-hydrogen) atoms. The number of carbonyl (C=O) groups excluding carboxylic acids is 1. The predicted octanol–water partition coefficient (Wildman–Crippen LogP) is 0.981. The van der Waals surface area contributed by atoms with Crippen LogP contribution in [0.2, 0.25) is 0 Å². The Morgan fingerprint density at radius 2 is 2.24 bits per heavy atom. The summed E-state index contributed by atoms with van der Waals surface area (Å²) in [6.07, 6.45) is 6.86. The van der Waals surface area contributed by atoms with Crippen LogP contribution < -0.4 is 11.0 Å². The maximum absolute atomic E-state index is 12.7. The van der Waals surface area contributed by atoms with Gasteiger partial charge in [-0.05, 0) is 24.8 Å². The highest BCUT2D eigenvalue weighted by Gasteiger charge is 2.29. The molecule has 1 N–H and O–H groups in total. The maximum atomic E-state index is 12.7. The Bertz CT molecular complexity index is 759. The zero-order valence-corrected chi connectivity index (χ0v) is 14.9. The lowest BCUT2D eigenvalue weighted by Crippen LogP contribution is -2.39. The molecule has 136 valence electrons. The molecule has 1 aliphatic rings. The summed E-state index contributed by atoms with van der Waals surface area (Å²) in [6.45, 7) is 5.78. The van der Waals surface area contributed by atoms with Crippen LogP contribution in [-0.4, -0.2) is 36.6 Å². The second kappa shape index (κ2) is 7.67. The van der Waals surface area contributed by atoms with Crippen molar-refractivity contribution in [1.29, 1.82) is 0 Å². The SMILES string of the molecule is CC(C)Cn1nc2n(c1=O)C(C(=O)NCCn1cccn1)CCCC2. The fraction of sp³-hybridized carbons (Fsp3) is 0.647. The van der Waals surface area contributed by atoms with Gasteiger partial charge in [0.05, 0.1) is 6.54 Å². The van der Waals surface area contributed by atoms with Crippen LogP contribution in [0.15, 0.2) is 23.3 Å². The van der Waals surface area contributed by atoms with E-state index < -0.39 is 6.04 Å². The molecular formula is C17H26N6O2. The summed E-state index contributed by atoms with van der Waals surface area (Å²) in [5, 5.41) is 11.5. The van der Waals surface area contributed by atoms with Crippen LogP contribution in [0.25, 0.3) is 0 Å². The molecule has 2 aromatic rings. The van der Waals surface area contributed by atoms with Crippen LogP contribution in [0.1, 0.15) is 45.0 Å². The van der Waals surface area contributed by atoms with E-state index in [4.69, 9.17) is 0 Å². The van der Waals surface area contributed by atoms with Crippen molar-refractivity contribution in [2.24, 2.45) is 5.92 Å². The van der Waals surface area contributed by atoms with Crippen LogP contribution in [0, 0.1) is 5.92 Å². The Hall–Kier alpha value is -2.38. The first kappa shape index (κ1) is 17.4. The Kier molecular flexibility index (Phi) is 5.35. The molecule has 0 fully saturated rings. The molecule has 1 amide bonds. The van der Waals surface area contributed by atoms with E-state index in [0.717, 1.165) is 25.1 Å². The van der Waals surface area contributed by atoms with Gasteiger partial charge in [0.2, 0.25) is 5.91 Å². The van der Waals surface area contributed by atoms with Gasteiger partial charge in [0.15, 0.2) is 0 Å². The minimum Gasteiger partial charge on any atom is -0.352 e. The van der Waals surface area contributed by atoms with Crippen molar-refractivity contribution in [2.45, 2.75) is 58.7 Å². The molecule has 1 aliphatic heterocycles. The molecular weight excluding hydrogens is 320 g/mol.